The van der Waals surface area contributed by atoms with Crippen LogP contribution in [0.15, 0.2) is 0 Å². The molecule has 0 fully saturated rings. The quantitative estimate of drug-likeness (QED) is 0.343. The minimum atomic E-state index is -0.687. The molecule has 0 aliphatic rings. The maximum atomic E-state index is 10.6. The number of carboxylic acid groups (broad SMARTS) is 1. The highest BCUT2D eigenvalue weighted by atomic mass is 31.0. The summed E-state index contributed by atoms with van der Waals surface area (Å²) in [5.74, 6) is -0.687. The van der Waals surface area contributed by atoms with Crippen molar-refractivity contribution >= 4 is 15.2 Å². The van der Waals surface area contributed by atoms with Crippen LogP contribution < -0.4 is 0 Å². The molecular formula is C16H33O2P. The van der Waals surface area contributed by atoms with Crippen LogP contribution in [0.2, 0.25) is 0 Å². The fraction of sp³-hybridized carbons (Fsp3) is 0.938. The number of unbranched alkanes of at least 4 members (excludes halogenated alkanes) is 11. The predicted octanol–water partition coefficient (Wildman–Crippen LogP) is 5.41. The molecular weight excluding hydrogens is 255 g/mol. The molecule has 0 rings (SSSR count). The summed E-state index contributed by atoms with van der Waals surface area (Å²) in [5.41, 5.74) is -0.247. The van der Waals surface area contributed by atoms with E-state index in [9.17, 15) is 4.79 Å². The van der Waals surface area contributed by atoms with E-state index in [4.69, 9.17) is 5.11 Å². The van der Waals surface area contributed by atoms with Crippen LogP contribution >= 0.6 is 9.24 Å². The van der Waals surface area contributed by atoms with Crippen molar-refractivity contribution in [3.05, 3.63) is 0 Å². The summed E-state index contributed by atoms with van der Waals surface area (Å²) >= 11 is 0. The van der Waals surface area contributed by atoms with Crippen molar-refractivity contribution in [2.75, 3.05) is 0 Å². The van der Waals surface area contributed by atoms with Crippen LogP contribution in [0.1, 0.15) is 90.4 Å². The van der Waals surface area contributed by atoms with Crippen LogP contribution in [-0.4, -0.2) is 16.7 Å². The number of rotatable bonds is 14. The average Bonchev–Trinajstić information content (AvgIpc) is 2.39. The summed E-state index contributed by atoms with van der Waals surface area (Å²) in [6.45, 7) is 2.26. The van der Waals surface area contributed by atoms with E-state index in [1.54, 1.807) is 0 Å². The van der Waals surface area contributed by atoms with Crippen molar-refractivity contribution in [3.8, 4) is 0 Å². The highest BCUT2D eigenvalue weighted by Gasteiger charge is 2.09. The molecule has 0 amide bonds. The number of aliphatic carboxylic acids is 1. The minimum absolute atomic E-state index is 0.247. The van der Waals surface area contributed by atoms with Gasteiger partial charge < -0.3 is 5.11 Å². The Labute approximate surface area is 121 Å². The van der Waals surface area contributed by atoms with E-state index in [1.807, 2.05) is 0 Å². The molecule has 0 spiro atoms. The molecule has 0 saturated heterocycles. The number of carbonyl (C=O) groups is 1. The van der Waals surface area contributed by atoms with Crippen molar-refractivity contribution in [2.45, 2.75) is 96.1 Å². The van der Waals surface area contributed by atoms with E-state index in [1.165, 1.54) is 70.6 Å². The van der Waals surface area contributed by atoms with E-state index < -0.39 is 5.97 Å². The smallest absolute Gasteiger partial charge is 0.310 e. The first kappa shape index (κ1) is 18.9. The summed E-state index contributed by atoms with van der Waals surface area (Å²) in [5, 5.41) is 8.74. The van der Waals surface area contributed by atoms with Crippen molar-refractivity contribution in [1.29, 1.82) is 0 Å². The highest BCUT2D eigenvalue weighted by Crippen LogP contribution is 2.15. The third kappa shape index (κ3) is 14.1. The lowest BCUT2D eigenvalue weighted by atomic mass is 10.0. The summed E-state index contributed by atoms with van der Waals surface area (Å²) in [7, 11) is 2.41. The lowest BCUT2D eigenvalue weighted by Crippen LogP contribution is -2.11. The van der Waals surface area contributed by atoms with Gasteiger partial charge in [-0.05, 0) is 6.42 Å². The average molecular weight is 288 g/mol. The zero-order valence-electron chi connectivity index (χ0n) is 12.7. The number of hydrogen-bond donors (Lipinski definition) is 1. The van der Waals surface area contributed by atoms with E-state index in [0.717, 1.165) is 12.8 Å². The van der Waals surface area contributed by atoms with Crippen LogP contribution in [-0.2, 0) is 4.79 Å². The maximum absolute atomic E-state index is 10.6. The standard InChI is InChI=1S/C16H33O2P/c1-2-3-4-5-6-7-8-9-10-11-12-13-14-15(19)16(17)18/h15H,2-14,19H2,1H3,(H,17,18). The van der Waals surface area contributed by atoms with E-state index in [-0.39, 0.29) is 5.66 Å². The van der Waals surface area contributed by atoms with Crippen molar-refractivity contribution in [3.63, 3.8) is 0 Å². The van der Waals surface area contributed by atoms with Gasteiger partial charge in [-0.1, -0.05) is 84.0 Å². The molecule has 0 aromatic rings. The summed E-state index contributed by atoms with van der Waals surface area (Å²) in [6.07, 6.45) is 16.7. The Hall–Kier alpha value is -0.100. The van der Waals surface area contributed by atoms with Gasteiger partial charge in [-0.3, -0.25) is 4.79 Å². The molecule has 0 aromatic carbocycles. The Bertz CT molecular complexity index is 207. The largest absolute Gasteiger partial charge is 0.481 e. The van der Waals surface area contributed by atoms with Gasteiger partial charge in [0.1, 0.15) is 0 Å². The maximum Gasteiger partial charge on any atom is 0.310 e. The Balaban J connectivity index is 3.05. The molecule has 0 heterocycles. The van der Waals surface area contributed by atoms with E-state index in [2.05, 4.69) is 16.2 Å². The van der Waals surface area contributed by atoms with Gasteiger partial charge in [-0.15, -0.1) is 9.24 Å². The van der Waals surface area contributed by atoms with Gasteiger partial charge in [0.25, 0.3) is 0 Å². The lowest BCUT2D eigenvalue weighted by molar-refractivity contribution is -0.136. The summed E-state index contributed by atoms with van der Waals surface area (Å²) in [4.78, 5) is 10.6. The second-order valence-electron chi connectivity index (χ2n) is 5.62. The molecule has 0 bridgehead atoms. The fourth-order valence-corrected chi connectivity index (χ4v) is 2.56. The first-order chi connectivity index (χ1) is 9.18. The van der Waals surface area contributed by atoms with Crippen molar-refractivity contribution in [2.24, 2.45) is 0 Å². The molecule has 0 radical (unpaired) electrons. The fourth-order valence-electron chi connectivity index (χ4n) is 2.33. The zero-order valence-corrected chi connectivity index (χ0v) is 13.9. The van der Waals surface area contributed by atoms with Crippen LogP contribution in [0.4, 0.5) is 0 Å². The van der Waals surface area contributed by atoms with Crippen molar-refractivity contribution in [1.82, 2.24) is 0 Å². The molecule has 0 aliphatic heterocycles. The Morgan fingerprint density at radius 1 is 0.842 bits per heavy atom. The molecule has 2 atom stereocenters. The molecule has 0 aliphatic carbocycles. The highest BCUT2D eigenvalue weighted by molar-refractivity contribution is 7.19. The van der Waals surface area contributed by atoms with Crippen LogP contribution in [0, 0.1) is 0 Å². The van der Waals surface area contributed by atoms with Gasteiger partial charge in [0, 0.05) is 0 Å². The first-order valence-corrected chi connectivity index (χ1v) is 8.83. The summed E-state index contributed by atoms with van der Waals surface area (Å²) < 4.78 is 0. The molecule has 114 valence electrons. The number of hydrogen-bond acceptors (Lipinski definition) is 1. The first-order valence-electron chi connectivity index (χ1n) is 8.17. The third-order valence-electron chi connectivity index (χ3n) is 3.69. The molecule has 2 nitrogen and oxygen atoms in total. The topological polar surface area (TPSA) is 37.3 Å². The Morgan fingerprint density at radius 2 is 1.21 bits per heavy atom. The summed E-state index contributed by atoms with van der Waals surface area (Å²) in [6, 6.07) is 0. The van der Waals surface area contributed by atoms with Crippen LogP contribution in [0.5, 0.6) is 0 Å². The van der Waals surface area contributed by atoms with Gasteiger partial charge in [0.05, 0.1) is 5.66 Å². The Morgan fingerprint density at radius 3 is 1.58 bits per heavy atom. The number of carboxylic acids is 1. The van der Waals surface area contributed by atoms with E-state index >= 15 is 0 Å². The van der Waals surface area contributed by atoms with E-state index in [0.29, 0.717) is 0 Å². The molecule has 0 aromatic heterocycles. The second kappa shape index (κ2) is 14.3. The van der Waals surface area contributed by atoms with Gasteiger partial charge in [-0.2, -0.15) is 0 Å². The van der Waals surface area contributed by atoms with Crippen molar-refractivity contribution < 1.29 is 9.90 Å². The SMILES string of the molecule is CCCCCCCCCCCCCCC(P)C(=O)O. The van der Waals surface area contributed by atoms with Gasteiger partial charge in [0.15, 0.2) is 0 Å². The lowest BCUT2D eigenvalue weighted by Gasteiger charge is -2.05. The minimum Gasteiger partial charge on any atom is -0.481 e. The monoisotopic (exact) mass is 288 g/mol. The molecule has 2 unspecified atom stereocenters. The predicted molar refractivity (Wildman–Crippen MR) is 86.8 cm³/mol. The molecule has 3 heteroatoms. The van der Waals surface area contributed by atoms with Gasteiger partial charge >= 0.3 is 5.97 Å². The Kier molecular flexibility index (Phi) is 14.2. The normalized spacial score (nSPS) is 12.5. The zero-order chi connectivity index (χ0) is 14.3. The third-order valence-corrected chi connectivity index (χ3v) is 4.30. The molecule has 1 N–H and O–H groups in total. The molecule has 0 saturated carbocycles. The molecule has 19 heavy (non-hydrogen) atoms. The van der Waals surface area contributed by atoms with Crippen LogP contribution in [0.3, 0.4) is 0 Å². The van der Waals surface area contributed by atoms with Gasteiger partial charge in [0.2, 0.25) is 0 Å². The second-order valence-corrected chi connectivity index (χ2v) is 6.43. The van der Waals surface area contributed by atoms with Gasteiger partial charge in [-0.25, -0.2) is 0 Å². The van der Waals surface area contributed by atoms with Crippen LogP contribution in [0.25, 0.3) is 0 Å².